The fourth-order valence-corrected chi connectivity index (χ4v) is 1.11. The van der Waals surface area contributed by atoms with Gasteiger partial charge in [0.2, 0.25) is 5.25 Å². The predicted octanol–water partition coefficient (Wildman–Crippen LogP) is 2.24. The van der Waals surface area contributed by atoms with Gasteiger partial charge in [-0.25, -0.2) is 0 Å². The van der Waals surface area contributed by atoms with E-state index in [0.717, 1.165) is 11.7 Å². The Morgan fingerprint density at radius 3 is 2.33 bits per heavy atom. The third-order valence-corrected chi connectivity index (χ3v) is 2.47. The molecule has 2 unspecified atom stereocenters. The smallest absolute Gasteiger partial charge is 0.0654 e. The van der Waals surface area contributed by atoms with Crippen LogP contribution in [0.5, 0.6) is 0 Å². The first-order chi connectivity index (χ1) is 4.22. The average molecular weight is 147 g/mol. The van der Waals surface area contributed by atoms with Crippen LogP contribution >= 0.6 is 0 Å². The Hall–Kier alpha value is 0.0200. The highest BCUT2D eigenvalue weighted by Gasteiger charge is 2.21. The van der Waals surface area contributed by atoms with Crippen LogP contribution < -0.4 is 0 Å². The summed E-state index contributed by atoms with van der Waals surface area (Å²) in [6.45, 7) is 6.29. The van der Waals surface area contributed by atoms with Crippen molar-refractivity contribution in [2.75, 3.05) is 0 Å². The molecule has 0 heterocycles. The Labute approximate surface area is 61.3 Å². The fourth-order valence-electron chi connectivity index (χ4n) is 0.785. The first kappa shape index (κ1) is 9.02. The molecule has 0 radical (unpaired) electrons. The van der Waals surface area contributed by atoms with Crippen molar-refractivity contribution in [3.05, 3.63) is 0 Å². The lowest BCUT2D eigenvalue weighted by Crippen LogP contribution is -2.11. The van der Waals surface area contributed by atoms with Crippen LogP contribution in [0.2, 0.25) is 0 Å². The highest BCUT2D eigenvalue weighted by atomic mass is 32.1. The molecule has 0 aromatic carbocycles. The molecule has 0 aromatic rings. The van der Waals surface area contributed by atoms with Crippen LogP contribution in [-0.4, -0.2) is 5.25 Å². The van der Waals surface area contributed by atoms with Crippen LogP contribution in [0.1, 0.15) is 33.6 Å². The van der Waals surface area contributed by atoms with E-state index in [1.54, 1.807) is 0 Å². The van der Waals surface area contributed by atoms with Gasteiger partial charge in [-0.2, -0.15) is 0 Å². The molecule has 0 saturated heterocycles. The summed E-state index contributed by atoms with van der Waals surface area (Å²) < 4.78 is 10.3. The lowest BCUT2D eigenvalue weighted by molar-refractivity contribution is 0.506. The van der Waals surface area contributed by atoms with Gasteiger partial charge in [-0.05, 0) is 13.3 Å². The molecule has 0 rings (SSSR count). The molecule has 9 heavy (non-hydrogen) atoms. The van der Waals surface area contributed by atoms with Gasteiger partial charge in [0.15, 0.2) is 0 Å². The second kappa shape index (κ2) is 4.86. The molecule has 0 aliphatic carbocycles. The SMILES string of the molecule is CCCC(C)C(C)[S+]=O. The van der Waals surface area contributed by atoms with Crippen molar-refractivity contribution >= 4 is 11.7 Å². The number of rotatable bonds is 4. The van der Waals surface area contributed by atoms with Crippen molar-refractivity contribution in [3.8, 4) is 0 Å². The van der Waals surface area contributed by atoms with E-state index in [1.165, 1.54) is 12.8 Å². The van der Waals surface area contributed by atoms with E-state index in [2.05, 4.69) is 13.8 Å². The summed E-state index contributed by atoms with van der Waals surface area (Å²) in [6, 6.07) is 0. The molecule has 0 aliphatic heterocycles. The molecule has 0 N–H and O–H groups in total. The maximum atomic E-state index is 10.3. The fraction of sp³-hybridized carbons (Fsp3) is 1.00. The zero-order valence-electron chi connectivity index (χ0n) is 6.39. The molecule has 0 aromatic heterocycles. The molecule has 2 heteroatoms. The van der Waals surface area contributed by atoms with Crippen molar-refractivity contribution in [1.82, 2.24) is 0 Å². The first-order valence-electron chi connectivity index (χ1n) is 3.51. The summed E-state index contributed by atoms with van der Waals surface area (Å²) >= 11 is 0.723. The average Bonchev–Trinajstić information content (AvgIpc) is 1.87. The molecule has 0 aliphatic rings. The van der Waals surface area contributed by atoms with Gasteiger partial charge in [0.25, 0.3) is 0 Å². The lowest BCUT2D eigenvalue weighted by atomic mass is 10.0. The van der Waals surface area contributed by atoms with Gasteiger partial charge in [0, 0.05) is 10.1 Å². The van der Waals surface area contributed by atoms with E-state index >= 15 is 0 Å². The van der Waals surface area contributed by atoms with Gasteiger partial charge in [-0.1, -0.05) is 20.3 Å². The van der Waals surface area contributed by atoms with Gasteiger partial charge in [0.05, 0.1) is 0 Å². The van der Waals surface area contributed by atoms with E-state index < -0.39 is 0 Å². The second-order valence-corrected chi connectivity index (χ2v) is 3.50. The van der Waals surface area contributed by atoms with E-state index in [-0.39, 0.29) is 5.25 Å². The molecule has 54 valence electrons. The Balaban J connectivity index is 3.44. The monoisotopic (exact) mass is 147 g/mol. The summed E-state index contributed by atoms with van der Waals surface area (Å²) in [6.07, 6.45) is 2.36. The van der Waals surface area contributed by atoms with Gasteiger partial charge >= 0.3 is 11.7 Å². The molecular weight excluding hydrogens is 132 g/mol. The Kier molecular flexibility index (Phi) is 4.87. The molecule has 0 amide bonds. The van der Waals surface area contributed by atoms with E-state index in [9.17, 15) is 4.21 Å². The maximum Gasteiger partial charge on any atom is 0.462 e. The van der Waals surface area contributed by atoms with Crippen LogP contribution in [0.25, 0.3) is 0 Å². The highest BCUT2D eigenvalue weighted by molar-refractivity contribution is 7.66. The van der Waals surface area contributed by atoms with Gasteiger partial charge < -0.3 is 0 Å². The summed E-state index contributed by atoms with van der Waals surface area (Å²) in [4.78, 5) is 0. The molecule has 0 spiro atoms. The standard InChI is InChI=1S/C7H15OS/c1-4-5-6(2)7(3)9-8/h6-7H,4-5H2,1-3H3/q+1. The number of hydrogen-bond acceptors (Lipinski definition) is 1. The van der Waals surface area contributed by atoms with Crippen molar-refractivity contribution in [3.63, 3.8) is 0 Å². The van der Waals surface area contributed by atoms with Gasteiger partial charge in [-0.3, -0.25) is 0 Å². The lowest BCUT2D eigenvalue weighted by Gasteiger charge is -2.02. The minimum atomic E-state index is 0.282. The molecule has 1 nitrogen and oxygen atoms in total. The highest BCUT2D eigenvalue weighted by Crippen LogP contribution is 2.10. The largest absolute Gasteiger partial charge is 0.462 e. The third kappa shape index (κ3) is 3.57. The molecular formula is C7H15OS+. The first-order valence-corrected chi connectivity index (χ1v) is 4.31. The van der Waals surface area contributed by atoms with Crippen molar-refractivity contribution < 1.29 is 4.21 Å². The van der Waals surface area contributed by atoms with Gasteiger partial charge in [-0.15, -0.1) is 0 Å². The number of hydrogen-bond donors (Lipinski definition) is 0. The molecule has 0 bridgehead atoms. The topological polar surface area (TPSA) is 17.1 Å². The Morgan fingerprint density at radius 1 is 1.44 bits per heavy atom. The van der Waals surface area contributed by atoms with Crippen LogP contribution in [0, 0.1) is 5.92 Å². The summed E-state index contributed by atoms with van der Waals surface area (Å²) in [5.41, 5.74) is 0. The normalized spacial score (nSPS) is 16.8. The van der Waals surface area contributed by atoms with Crippen molar-refractivity contribution in [2.45, 2.75) is 38.9 Å². The molecule has 0 fully saturated rings. The van der Waals surface area contributed by atoms with Crippen molar-refractivity contribution in [1.29, 1.82) is 0 Å². The Morgan fingerprint density at radius 2 is 2.00 bits per heavy atom. The second-order valence-electron chi connectivity index (χ2n) is 2.57. The summed E-state index contributed by atoms with van der Waals surface area (Å²) in [5.74, 6) is 0.581. The van der Waals surface area contributed by atoms with Crippen LogP contribution in [0.15, 0.2) is 0 Å². The van der Waals surface area contributed by atoms with Crippen LogP contribution in [0.4, 0.5) is 0 Å². The van der Waals surface area contributed by atoms with Gasteiger partial charge in [0.1, 0.15) is 0 Å². The van der Waals surface area contributed by atoms with E-state index in [0.29, 0.717) is 5.92 Å². The molecule has 2 atom stereocenters. The Bertz CT molecular complexity index is 83.0. The van der Waals surface area contributed by atoms with Crippen molar-refractivity contribution in [2.24, 2.45) is 5.92 Å². The minimum absolute atomic E-state index is 0.282. The quantitative estimate of drug-likeness (QED) is 0.557. The zero-order chi connectivity index (χ0) is 7.28. The summed E-state index contributed by atoms with van der Waals surface area (Å²) in [5, 5.41) is 0.282. The molecule has 0 saturated carbocycles. The maximum absolute atomic E-state index is 10.3. The van der Waals surface area contributed by atoms with E-state index in [1.807, 2.05) is 6.92 Å². The third-order valence-electron chi connectivity index (χ3n) is 1.70. The predicted molar refractivity (Wildman–Crippen MR) is 41.6 cm³/mol. The zero-order valence-corrected chi connectivity index (χ0v) is 7.20. The van der Waals surface area contributed by atoms with Crippen LogP contribution in [0.3, 0.4) is 0 Å². The summed E-state index contributed by atoms with van der Waals surface area (Å²) in [7, 11) is 0. The van der Waals surface area contributed by atoms with Crippen LogP contribution in [-0.2, 0) is 15.9 Å². The minimum Gasteiger partial charge on any atom is -0.0654 e. The van der Waals surface area contributed by atoms with E-state index in [4.69, 9.17) is 0 Å².